The third kappa shape index (κ3) is 6.39. The Morgan fingerprint density at radius 2 is 2.07 bits per heavy atom. The first-order valence-electron chi connectivity index (χ1n) is 9.70. The highest BCUT2D eigenvalue weighted by Crippen LogP contribution is 2.23. The van der Waals surface area contributed by atoms with Crippen molar-refractivity contribution in [2.24, 2.45) is 17.2 Å². The molecule has 2 heterocycles. The van der Waals surface area contributed by atoms with Crippen LogP contribution in [0.3, 0.4) is 0 Å². The maximum atomic E-state index is 12.6. The molecule has 0 aromatic carbocycles. The van der Waals surface area contributed by atoms with Crippen LogP contribution in [0.25, 0.3) is 0 Å². The van der Waals surface area contributed by atoms with Gasteiger partial charge in [0.1, 0.15) is 12.1 Å². The number of aliphatic carboxylic acids is 1. The van der Waals surface area contributed by atoms with Crippen molar-refractivity contribution < 1.29 is 24.0 Å². The number of hydrogen-bond donors (Lipinski definition) is 5. The topological polar surface area (TPSA) is 204 Å². The Morgan fingerprint density at radius 1 is 1.31 bits per heavy atom. The van der Waals surface area contributed by atoms with Gasteiger partial charge in [0.25, 0.3) is 0 Å². The van der Waals surface area contributed by atoms with Crippen molar-refractivity contribution in [2.45, 2.75) is 63.1 Å². The number of urea groups is 1. The standard InChI is InChI=1S/C17H29N7O5/c18-8-2-1-4-10(19)14-22-15(29-23-14)11(6-7-13(20)25)21-17(28)24-9-3-5-12(24)16(26)27/h10-12H,1-9,18-19H2,(H2,20,25)(H,21,28)(H,26,27)/t10-,11-,12?/m0/s1. The molecule has 1 aliphatic rings. The minimum atomic E-state index is -1.06. The molecular formula is C17H29N7O5. The van der Waals surface area contributed by atoms with E-state index in [0.29, 0.717) is 38.2 Å². The van der Waals surface area contributed by atoms with Crippen LogP contribution in [0, 0.1) is 0 Å². The molecule has 3 amide bonds. The van der Waals surface area contributed by atoms with E-state index in [9.17, 15) is 19.5 Å². The number of aromatic nitrogens is 2. The number of nitrogens with zero attached hydrogens (tertiary/aromatic N) is 3. The molecule has 1 unspecified atom stereocenters. The van der Waals surface area contributed by atoms with Gasteiger partial charge in [-0.3, -0.25) is 4.79 Å². The number of nitrogens with one attached hydrogen (secondary N) is 1. The molecular weight excluding hydrogens is 382 g/mol. The Morgan fingerprint density at radius 3 is 2.72 bits per heavy atom. The molecule has 1 aromatic heterocycles. The number of carbonyl (C=O) groups is 3. The smallest absolute Gasteiger partial charge is 0.326 e. The van der Waals surface area contributed by atoms with Gasteiger partial charge in [-0.15, -0.1) is 0 Å². The fraction of sp³-hybridized carbons (Fsp3) is 0.706. The molecule has 1 aliphatic heterocycles. The number of amides is 3. The number of hydrogen-bond acceptors (Lipinski definition) is 8. The largest absolute Gasteiger partial charge is 0.480 e. The molecule has 0 radical (unpaired) electrons. The molecule has 1 aromatic rings. The van der Waals surface area contributed by atoms with E-state index < -0.39 is 36.0 Å². The summed E-state index contributed by atoms with van der Waals surface area (Å²) in [7, 11) is 0. The summed E-state index contributed by atoms with van der Waals surface area (Å²) in [4.78, 5) is 40.7. The van der Waals surface area contributed by atoms with E-state index in [0.717, 1.165) is 12.8 Å². The molecule has 12 nitrogen and oxygen atoms in total. The first kappa shape index (κ1) is 22.6. The Bertz CT molecular complexity index is 710. The molecule has 162 valence electrons. The highest BCUT2D eigenvalue weighted by atomic mass is 16.5. The zero-order valence-corrected chi connectivity index (χ0v) is 16.2. The summed E-state index contributed by atoms with van der Waals surface area (Å²) in [6.45, 7) is 0.895. The lowest BCUT2D eigenvalue weighted by molar-refractivity contribution is -0.141. The molecule has 2 rings (SSSR count). The number of likely N-dealkylation sites (tertiary alicyclic amines) is 1. The molecule has 0 spiro atoms. The Balaban J connectivity index is 2.08. The Labute approximate surface area is 168 Å². The van der Waals surface area contributed by atoms with Gasteiger partial charge in [0.05, 0.1) is 6.04 Å². The highest BCUT2D eigenvalue weighted by Gasteiger charge is 2.35. The average molecular weight is 411 g/mol. The predicted octanol–water partition coefficient (Wildman–Crippen LogP) is -0.236. The second-order valence-corrected chi connectivity index (χ2v) is 7.08. The van der Waals surface area contributed by atoms with Crippen LogP contribution in [0.15, 0.2) is 4.52 Å². The number of carbonyl (C=O) groups excluding carboxylic acids is 2. The van der Waals surface area contributed by atoms with Gasteiger partial charge >= 0.3 is 12.0 Å². The fourth-order valence-electron chi connectivity index (χ4n) is 3.22. The van der Waals surface area contributed by atoms with Gasteiger partial charge in [0, 0.05) is 13.0 Å². The maximum absolute atomic E-state index is 12.6. The van der Waals surface area contributed by atoms with E-state index in [-0.39, 0.29) is 18.7 Å². The minimum absolute atomic E-state index is 0.0203. The van der Waals surface area contributed by atoms with Gasteiger partial charge in [-0.05, 0) is 38.6 Å². The van der Waals surface area contributed by atoms with E-state index in [2.05, 4.69) is 15.5 Å². The van der Waals surface area contributed by atoms with Crippen molar-refractivity contribution in [2.75, 3.05) is 13.1 Å². The van der Waals surface area contributed by atoms with Gasteiger partial charge in [-0.1, -0.05) is 11.6 Å². The predicted molar refractivity (Wildman–Crippen MR) is 101 cm³/mol. The SMILES string of the molecule is NCCCC[C@H](N)c1noc([C@H](CCC(N)=O)NC(=O)N2CCCC2C(=O)O)n1. The third-order valence-electron chi connectivity index (χ3n) is 4.83. The van der Waals surface area contributed by atoms with Crippen molar-refractivity contribution in [3.63, 3.8) is 0 Å². The quantitative estimate of drug-likeness (QED) is 0.304. The van der Waals surface area contributed by atoms with Crippen LogP contribution in [0.5, 0.6) is 0 Å². The fourth-order valence-corrected chi connectivity index (χ4v) is 3.22. The zero-order valence-electron chi connectivity index (χ0n) is 16.2. The van der Waals surface area contributed by atoms with Crippen molar-refractivity contribution in [1.82, 2.24) is 20.4 Å². The number of carboxylic acids is 1. The number of nitrogens with two attached hydrogens (primary N) is 3. The first-order chi connectivity index (χ1) is 13.8. The van der Waals surface area contributed by atoms with E-state index >= 15 is 0 Å². The lowest BCUT2D eigenvalue weighted by atomic mass is 10.1. The van der Waals surface area contributed by atoms with Gasteiger partial charge in [-0.2, -0.15) is 4.98 Å². The van der Waals surface area contributed by atoms with Gasteiger partial charge in [-0.25, -0.2) is 9.59 Å². The number of primary amides is 1. The van der Waals surface area contributed by atoms with Gasteiger partial charge < -0.3 is 37.0 Å². The number of rotatable bonds is 11. The van der Waals surface area contributed by atoms with Crippen molar-refractivity contribution in [3.05, 3.63) is 11.7 Å². The van der Waals surface area contributed by atoms with Crippen LogP contribution in [0.4, 0.5) is 4.79 Å². The van der Waals surface area contributed by atoms with Crippen LogP contribution in [-0.2, 0) is 9.59 Å². The summed E-state index contributed by atoms with van der Waals surface area (Å²) >= 11 is 0. The highest BCUT2D eigenvalue weighted by molar-refractivity contribution is 5.83. The molecule has 12 heteroatoms. The minimum Gasteiger partial charge on any atom is -0.480 e. The van der Waals surface area contributed by atoms with E-state index in [1.54, 1.807) is 0 Å². The normalized spacial score (nSPS) is 18.4. The summed E-state index contributed by atoms with van der Waals surface area (Å²) < 4.78 is 5.26. The summed E-state index contributed by atoms with van der Waals surface area (Å²) in [6.07, 6.45) is 3.37. The molecule has 1 fully saturated rings. The molecule has 0 bridgehead atoms. The van der Waals surface area contributed by atoms with Crippen LogP contribution in [-0.4, -0.2) is 57.2 Å². The van der Waals surface area contributed by atoms with Crippen LogP contribution >= 0.6 is 0 Å². The number of unbranched alkanes of at least 4 members (excludes halogenated alkanes) is 1. The Kier molecular flexibility index (Phi) is 8.34. The van der Waals surface area contributed by atoms with Crippen molar-refractivity contribution in [1.29, 1.82) is 0 Å². The average Bonchev–Trinajstić information content (AvgIpc) is 3.34. The monoisotopic (exact) mass is 411 g/mol. The summed E-state index contributed by atoms with van der Waals surface area (Å²) in [6, 6.07) is -2.69. The number of carboxylic acid groups (broad SMARTS) is 1. The third-order valence-corrected chi connectivity index (χ3v) is 4.83. The zero-order chi connectivity index (χ0) is 21.4. The molecule has 3 atom stereocenters. The van der Waals surface area contributed by atoms with Crippen molar-refractivity contribution in [3.8, 4) is 0 Å². The maximum Gasteiger partial charge on any atom is 0.326 e. The van der Waals surface area contributed by atoms with Crippen LogP contribution in [0.2, 0.25) is 0 Å². The van der Waals surface area contributed by atoms with Gasteiger partial charge in [0.2, 0.25) is 11.8 Å². The molecule has 1 saturated heterocycles. The lowest BCUT2D eigenvalue weighted by Gasteiger charge is -2.24. The molecule has 0 aliphatic carbocycles. The summed E-state index contributed by atoms with van der Waals surface area (Å²) in [5.74, 6) is -1.23. The molecule has 8 N–H and O–H groups in total. The van der Waals surface area contributed by atoms with E-state index in [1.165, 1.54) is 4.90 Å². The van der Waals surface area contributed by atoms with Gasteiger partial charge in [0.15, 0.2) is 5.82 Å². The Hall–Kier alpha value is -2.73. The first-order valence-corrected chi connectivity index (χ1v) is 9.70. The molecule has 29 heavy (non-hydrogen) atoms. The molecule has 0 saturated carbocycles. The van der Waals surface area contributed by atoms with Crippen molar-refractivity contribution >= 4 is 17.9 Å². The van der Waals surface area contributed by atoms with Crippen LogP contribution in [0.1, 0.15) is 68.7 Å². The summed E-state index contributed by atoms with van der Waals surface area (Å²) in [5, 5.41) is 15.8. The second-order valence-electron chi connectivity index (χ2n) is 7.08. The van der Waals surface area contributed by atoms with E-state index in [4.69, 9.17) is 21.7 Å². The lowest BCUT2D eigenvalue weighted by Crippen LogP contribution is -2.47. The second kappa shape index (κ2) is 10.7. The summed E-state index contributed by atoms with van der Waals surface area (Å²) in [5.41, 5.74) is 16.8. The van der Waals surface area contributed by atoms with E-state index in [1.807, 2.05) is 0 Å². The van der Waals surface area contributed by atoms with Crippen LogP contribution < -0.4 is 22.5 Å².